The summed E-state index contributed by atoms with van der Waals surface area (Å²) >= 11 is 17.9. The molecule has 0 fully saturated rings. The Bertz CT molecular complexity index is 752. The SMILES string of the molecule is CCN(CCNC(=O)Nc1cc(Cl)c(Cl)cc1Cl)c1cccc(C)c1. The van der Waals surface area contributed by atoms with Crippen molar-refractivity contribution >= 4 is 52.2 Å². The number of likely N-dealkylation sites (N-methyl/N-ethyl adjacent to an activating group) is 1. The molecule has 0 aliphatic heterocycles. The number of hydrogen-bond acceptors (Lipinski definition) is 2. The first-order chi connectivity index (χ1) is 11.9. The van der Waals surface area contributed by atoms with Crippen LogP contribution in [-0.2, 0) is 0 Å². The van der Waals surface area contributed by atoms with E-state index in [9.17, 15) is 4.79 Å². The molecule has 2 aromatic carbocycles. The number of rotatable bonds is 6. The molecule has 7 heteroatoms. The van der Waals surface area contributed by atoms with Crippen LogP contribution < -0.4 is 15.5 Å². The number of nitrogens with one attached hydrogen (secondary N) is 2. The Balaban J connectivity index is 1.88. The molecule has 0 atom stereocenters. The Kier molecular flexibility index (Phi) is 7.24. The fraction of sp³-hybridized carbons (Fsp3) is 0.278. The molecule has 0 aliphatic carbocycles. The van der Waals surface area contributed by atoms with Gasteiger partial charge in [-0.05, 0) is 43.7 Å². The molecule has 25 heavy (non-hydrogen) atoms. The molecule has 2 N–H and O–H groups in total. The van der Waals surface area contributed by atoms with Gasteiger partial charge in [-0.3, -0.25) is 0 Å². The zero-order chi connectivity index (χ0) is 18.4. The molecular weight excluding hydrogens is 381 g/mol. The molecule has 2 amide bonds. The smallest absolute Gasteiger partial charge is 0.319 e. The molecule has 0 radical (unpaired) electrons. The fourth-order valence-corrected chi connectivity index (χ4v) is 2.98. The lowest BCUT2D eigenvalue weighted by molar-refractivity contribution is 0.252. The van der Waals surface area contributed by atoms with Gasteiger partial charge in [0.05, 0.1) is 20.8 Å². The fourth-order valence-electron chi connectivity index (χ4n) is 2.38. The summed E-state index contributed by atoms with van der Waals surface area (Å²) in [7, 11) is 0. The summed E-state index contributed by atoms with van der Waals surface area (Å²) in [5, 5.41) is 6.50. The molecule has 0 saturated carbocycles. The first-order valence-electron chi connectivity index (χ1n) is 7.91. The second-order valence-corrected chi connectivity index (χ2v) is 6.77. The summed E-state index contributed by atoms with van der Waals surface area (Å²) in [4.78, 5) is 14.2. The molecule has 0 heterocycles. The Morgan fingerprint density at radius 2 is 1.80 bits per heavy atom. The topological polar surface area (TPSA) is 44.4 Å². The number of aryl methyl sites for hydroxylation is 1. The van der Waals surface area contributed by atoms with Crippen LogP contribution in [0.5, 0.6) is 0 Å². The first-order valence-corrected chi connectivity index (χ1v) is 9.05. The van der Waals surface area contributed by atoms with Crippen molar-refractivity contribution in [3.05, 3.63) is 57.0 Å². The molecule has 0 aromatic heterocycles. The summed E-state index contributed by atoms with van der Waals surface area (Å²) < 4.78 is 0. The third-order valence-electron chi connectivity index (χ3n) is 3.67. The number of carbonyl (C=O) groups is 1. The van der Waals surface area contributed by atoms with E-state index >= 15 is 0 Å². The van der Waals surface area contributed by atoms with Gasteiger partial charge in [0.15, 0.2) is 0 Å². The number of benzene rings is 2. The Morgan fingerprint density at radius 3 is 2.48 bits per heavy atom. The van der Waals surface area contributed by atoms with E-state index in [2.05, 4.69) is 47.6 Å². The molecular formula is C18H20Cl3N3O. The lowest BCUT2D eigenvalue weighted by Crippen LogP contribution is -2.37. The van der Waals surface area contributed by atoms with E-state index in [4.69, 9.17) is 34.8 Å². The van der Waals surface area contributed by atoms with Crippen LogP contribution in [0.4, 0.5) is 16.2 Å². The number of nitrogens with zero attached hydrogens (tertiary/aromatic N) is 1. The average molecular weight is 401 g/mol. The minimum atomic E-state index is -0.347. The summed E-state index contributed by atoms with van der Waals surface area (Å²) in [6.07, 6.45) is 0. The van der Waals surface area contributed by atoms with E-state index in [1.54, 1.807) is 0 Å². The van der Waals surface area contributed by atoms with Gasteiger partial charge in [0.25, 0.3) is 0 Å². The van der Waals surface area contributed by atoms with E-state index in [0.717, 1.165) is 12.2 Å². The van der Waals surface area contributed by atoms with Gasteiger partial charge in [0.1, 0.15) is 0 Å². The highest BCUT2D eigenvalue weighted by Gasteiger charge is 2.10. The number of anilines is 2. The largest absolute Gasteiger partial charge is 0.370 e. The molecule has 0 saturated heterocycles. The van der Waals surface area contributed by atoms with Gasteiger partial charge in [-0.15, -0.1) is 0 Å². The van der Waals surface area contributed by atoms with Crippen molar-refractivity contribution in [1.29, 1.82) is 0 Å². The minimum Gasteiger partial charge on any atom is -0.370 e. The van der Waals surface area contributed by atoms with Crippen LogP contribution in [0.25, 0.3) is 0 Å². The van der Waals surface area contributed by atoms with Gasteiger partial charge < -0.3 is 15.5 Å². The lowest BCUT2D eigenvalue weighted by atomic mass is 10.2. The highest BCUT2D eigenvalue weighted by atomic mass is 35.5. The predicted octanol–water partition coefficient (Wildman–Crippen LogP) is 5.60. The standard InChI is InChI=1S/C18H20Cl3N3O/c1-3-24(13-6-4-5-12(2)9-13)8-7-22-18(25)23-17-11-15(20)14(19)10-16(17)21/h4-6,9-11H,3,7-8H2,1-2H3,(H2,22,23,25). The number of carbonyl (C=O) groups excluding carboxylic acids is 1. The van der Waals surface area contributed by atoms with Crippen molar-refractivity contribution in [3.8, 4) is 0 Å². The second-order valence-electron chi connectivity index (χ2n) is 5.55. The van der Waals surface area contributed by atoms with Crippen LogP contribution in [0.3, 0.4) is 0 Å². The van der Waals surface area contributed by atoms with Gasteiger partial charge in [0, 0.05) is 25.3 Å². The Morgan fingerprint density at radius 1 is 1.08 bits per heavy atom. The molecule has 134 valence electrons. The van der Waals surface area contributed by atoms with Crippen LogP contribution in [-0.4, -0.2) is 25.7 Å². The van der Waals surface area contributed by atoms with E-state index < -0.39 is 0 Å². The third-order valence-corrected chi connectivity index (χ3v) is 4.71. The molecule has 0 spiro atoms. The maximum atomic E-state index is 12.0. The summed E-state index contributed by atoms with van der Waals surface area (Å²) in [6.45, 7) is 6.18. The van der Waals surface area contributed by atoms with Crippen LogP contribution in [0, 0.1) is 6.92 Å². The quantitative estimate of drug-likeness (QED) is 0.620. The number of hydrogen-bond donors (Lipinski definition) is 2. The van der Waals surface area contributed by atoms with Crippen molar-refractivity contribution in [2.24, 2.45) is 0 Å². The van der Waals surface area contributed by atoms with Crippen molar-refractivity contribution in [2.75, 3.05) is 29.9 Å². The van der Waals surface area contributed by atoms with E-state index in [1.165, 1.54) is 17.7 Å². The summed E-state index contributed by atoms with van der Waals surface area (Å²) in [6, 6.07) is 10.9. The summed E-state index contributed by atoms with van der Waals surface area (Å²) in [5.41, 5.74) is 2.76. The Labute approximate surface area is 163 Å². The predicted molar refractivity (Wildman–Crippen MR) is 108 cm³/mol. The summed E-state index contributed by atoms with van der Waals surface area (Å²) in [5.74, 6) is 0. The van der Waals surface area contributed by atoms with Gasteiger partial charge in [-0.1, -0.05) is 46.9 Å². The molecule has 0 bridgehead atoms. The van der Waals surface area contributed by atoms with Gasteiger partial charge in [0.2, 0.25) is 0 Å². The van der Waals surface area contributed by atoms with Crippen molar-refractivity contribution in [3.63, 3.8) is 0 Å². The number of amides is 2. The molecule has 0 aliphatic rings. The van der Waals surface area contributed by atoms with Crippen molar-refractivity contribution in [1.82, 2.24) is 5.32 Å². The molecule has 0 unspecified atom stereocenters. The van der Waals surface area contributed by atoms with Crippen molar-refractivity contribution in [2.45, 2.75) is 13.8 Å². The molecule has 2 aromatic rings. The van der Waals surface area contributed by atoms with Crippen LogP contribution >= 0.6 is 34.8 Å². The maximum absolute atomic E-state index is 12.0. The molecule has 2 rings (SSSR count). The zero-order valence-corrected chi connectivity index (χ0v) is 16.3. The lowest BCUT2D eigenvalue weighted by Gasteiger charge is -2.23. The van der Waals surface area contributed by atoms with Crippen molar-refractivity contribution < 1.29 is 4.79 Å². The zero-order valence-electron chi connectivity index (χ0n) is 14.1. The van der Waals surface area contributed by atoms with Gasteiger partial charge in [-0.2, -0.15) is 0 Å². The van der Waals surface area contributed by atoms with Crippen LogP contribution in [0.15, 0.2) is 36.4 Å². The number of urea groups is 1. The highest BCUT2D eigenvalue weighted by Crippen LogP contribution is 2.32. The van der Waals surface area contributed by atoms with Crippen LogP contribution in [0.1, 0.15) is 12.5 Å². The monoisotopic (exact) mass is 399 g/mol. The normalized spacial score (nSPS) is 10.4. The van der Waals surface area contributed by atoms with Gasteiger partial charge >= 0.3 is 6.03 Å². The highest BCUT2D eigenvalue weighted by molar-refractivity contribution is 6.44. The maximum Gasteiger partial charge on any atom is 0.319 e. The van der Waals surface area contributed by atoms with Gasteiger partial charge in [-0.25, -0.2) is 4.79 Å². The van der Waals surface area contributed by atoms with E-state index in [0.29, 0.717) is 33.8 Å². The van der Waals surface area contributed by atoms with Crippen LogP contribution in [0.2, 0.25) is 15.1 Å². The minimum absolute atomic E-state index is 0.331. The average Bonchev–Trinajstić information content (AvgIpc) is 2.56. The number of halogens is 3. The second kappa shape index (κ2) is 9.18. The third kappa shape index (κ3) is 5.70. The first kappa shape index (κ1) is 19.7. The van der Waals surface area contributed by atoms with E-state index in [1.807, 2.05) is 6.07 Å². The van der Waals surface area contributed by atoms with E-state index in [-0.39, 0.29) is 6.03 Å². The molecule has 4 nitrogen and oxygen atoms in total. The Hall–Kier alpha value is -1.62.